The van der Waals surface area contributed by atoms with Crippen LogP contribution in [0.2, 0.25) is 0 Å². The van der Waals surface area contributed by atoms with E-state index in [-0.39, 0.29) is 0 Å². The van der Waals surface area contributed by atoms with E-state index in [2.05, 4.69) is 24.3 Å². The number of rotatable bonds is 3. The first-order valence-electron chi connectivity index (χ1n) is 7.22. The molecule has 0 spiro atoms. The molecule has 0 radical (unpaired) electrons. The fourth-order valence-electron chi connectivity index (χ4n) is 2.82. The maximum absolute atomic E-state index is 6.37. The molecule has 0 aliphatic heterocycles. The highest BCUT2D eigenvalue weighted by atomic mass is 35.5. The summed E-state index contributed by atoms with van der Waals surface area (Å²) < 4.78 is 5.88. The first-order chi connectivity index (χ1) is 8.81. The van der Waals surface area contributed by atoms with Crippen LogP contribution in [0.25, 0.3) is 0 Å². The predicted molar refractivity (Wildman–Crippen MR) is 75.6 cm³/mol. The molecule has 0 heterocycles. The van der Waals surface area contributed by atoms with Crippen molar-refractivity contribution in [3.8, 4) is 5.75 Å². The average Bonchev–Trinajstić information content (AvgIpc) is 3.18. The topological polar surface area (TPSA) is 9.23 Å². The Kier molecular flexibility index (Phi) is 3.79. The van der Waals surface area contributed by atoms with Crippen LogP contribution in [-0.2, 0) is 0 Å². The first kappa shape index (κ1) is 12.3. The number of ether oxygens (including phenoxy) is 1. The zero-order valence-corrected chi connectivity index (χ0v) is 11.5. The van der Waals surface area contributed by atoms with Crippen molar-refractivity contribution >= 4 is 11.6 Å². The number of alkyl halides is 1. The maximum atomic E-state index is 6.37. The van der Waals surface area contributed by atoms with Crippen LogP contribution in [0.15, 0.2) is 24.3 Å². The SMILES string of the molecule is ClC1CCCCC(c2cccc(OC3CC3)c2)C1. The summed E-state index contributed by atoms with van der Waals surface area (Å²) in [4.78, 5) is 0. The molecule has 3 rings (SSSR count). The van der Waals surface area contributed by atoms with Gasteiger partial charge in [-0.25, -0.2) is 0 Å². The Morgan fingerprint density at radius 3 is 2.72 bits per heavy atom. The number of halogens is 1. The van der Waals surface area contributed by atoms with Crippen molar-refractivity contribution in [1.29, 1.82) is 0 Å². The van der Waals surface area contributed by atoms with Gasteiger partial charge in [-0.1, -0.05) is 25.0 Å². The summed E-state index contributed by atoms with van der Waals surface area (Å²) >= 11 is 6.37. The normalized spacial score (nSPS) is 28.7. The number of hydrogen-bond acceptors (Lipinski definition) is 1. The van der Waals surface area contributed by atoms with Gasteiger partial charge in [-0.2, -0.15) is 0 Å². The Morgan fingerprint density at radius 1 is 1.06 bits per heavy atom. The molecule has 2 aliphatic carbocycles. The van der Waals surface area contributed by atoms with Crippen LogP contribution in [0.4, 0.5) is 0 Å². The van der Waals surface area contributed by atoms with E-state index in [0.717, 1.165) is 12.2 Å². The molecule has 0 aromatic heterocycles. The second kappa shape index (κ2) is 5.52. The van der Waals surface area contributed by atoms with Crippen molar-refractivity contribution in [2.24, 2.45) is 0 Å². The molecule has 98 valence electrons. The fourth-order valence-corrected chi connectivity index (χ4v) is 3.19. The third-order valence-electron chi connectivity index (χ3n) is 4.02. The lowest BCUT2D eigenvalue weighted by molar-refractivity contribution is 0.302. The lowest BCUT2D eigenvalue weighted by Crippen LogP contribution is -2.05. The largest absolute Gasteiger partial charge is 0.490 e. The summed E-state index contributed by atoms with van der Waals surface area (Å²) in [5.74, 6) is 1.67. The molecule has 1 aromatic carbocycles. The van der Waals surface area contributed by atoms with Crippen LogP contribution in [-0.4, -0.2) is 11.5 Å². The molecule has 2 fully saturated rings. The van der Waals surface area contributed by atoms with E-state index in [4.69, 9.17) is 16.3 Å². The molecule has 2 heteroatoms. The molecule has 2 unspecified atom stereocenters. The van der Waals surface area contributed by atoms with Crippen LogP contribution in [0, 0.1) is 0 Å². The van der Waals surface area contributed by atoms with Crippen LogP contribution in [0.1, 0.15) is 56.4 Å². The Balaban J connectivity index is 1.72. The summed E-state index contributed by atoms with van der Waals surface area (Å²) in [5, 5.41) is 0.352. The van der Waals surface area contributed by atoms with E-state index in [9.17, 15) is 0 Å². The number of hydrogen-bond donors (Lipinski definition) is 0. The summed E-state index contributed by atoms with van der Waals surface area (Å²) in [6.45, 7) is 0. The summed E-state index contributed by atoms with van der Waals surface area (Å²) in [7, 11) is 0. The quantitative estimate of drug-likeness (QED) is 0.558. The third-order valence-corrected chi connectivity index (χ3v) is 4.41. The van der Waals surface area contributed by atoms with Gasteiger partial charge in [-0.15, -0.1) is 11.6 Å². The second-order valence-electron chi connectivity index (χ2n) is 5.70. The van der Waals surface area contributed by atoms with E-state index in [1.807, 2.05) is 0 Å². The van der Waals surface area contributed by atoms with Crippen molar-refractivity contribution in [3.05, 3.63) is 29.8 Å². The van der Waals surface area contributed by atoms with Gasteiger partial charge >= 0.3 is 0 Å². The minimum atomic E-state index is 0.352. The van der Waals surface area contributed by atoms with Crippen molar-refractivity contribution in [2.45, 2.75) is 62.3 Å². The molecule has 2 atom stereocenters. The molecular weight excluding hydrogens is 244 g/mol. The van der Waals surface area contributed by atoms with Crippen LogP contribution < -0.4 is 4.74 Å². The lowest BCUT2D eigenvalue weighted by Gasteiger charge is -2.17. The standard InChI is InChI=1S/C16H21ClO/c17-14-6-2-1-4-12(10-14)13-5-3-7-16(11-13)18-15-8-9-15/h3,5,7,11-12,14-15H,1-2,4,6,8-10H2. The number of benzene rings is 1. The highest BCUT2D eigenvalue weighted by molar-refractivity contribution is 6.20. The molecule has 0 saturated heterocycles. The summed E-state index contributed by atoms with van der Waals surface area (Å²) in [5.41, 5.74) is 1.42. The van der Waals surface area contributed by atoms with E-state index >= 15 is 0 Å². The molecule has 1 aromatic rings. The van der Waals surface area contributed by atoms with Crippen molar-refractivity contribution < 1.29 is 4.74 Å². The van der Waals surface area contributed by atoms with Gasteiger partial charge in [-0.3, -0.25) is 0 Å². The molecule has 2 saturated carbocycles. The molecule has 1 nitrogen and oxygen atoms in total. The van der Waals surface area contributed by atoms with E-state index in [0.29, 0.717) is 17.4 Å². The van der Waals surface area contributed by atoms with Gasteiger partial charge in [-0.05, 0) is 55.7 Å². The van der Waals surface area contributed by atoms with Gasteiger partial charge in [0.25, 0.3) is 0 Å². The first-order valence-corrected chi connectivity index (χ1v) is 7.65. The highest BCUT2D eigenvalue weighted by Gasteiger charge is 2.24. The van der Waals surface area contributed by atoms with E-state index < -0.39 is 0 Å². The van der Waals surface area contributed by atoms with Crippen LogP contribution >= 0.6 is 11.6 Å². The zero-order valence-electron chi connectivity index (χ0n) is 10.8. The second-order valence-corrected chi connectivity index (χ2v) is 6.32. The average molecular weight is 265 g/mol. The Labute approximate surface area is 114 Å². The summed E-state index contributed by atoms with van der Waals surface area (Å²) in [6.07, 6.45) is 9.08. The smallest absolute Gasteiger partial charge is 0.119 e. The van der Waals surface area contributed by atoms with Gasteiger partial charge in [0.15, 0.2) is 0 Å². The Morgan fingerprint density at radius 2 is 1.89 bits per heavy atom. The van der Waals surface area contributed by atoms with E-state index in [1.165, 1.54) is 44.1 Å². The molecule has 0 N–H and O–H groups in total. The zero-order chi connectivity index (χ0) is 12.4. The van der Waals surface area contributed by atoms with Gasteiger partial charge in [0.2, 0.25) is 0 Å². The monoisotopic (exact) mass is 264 g/mol. The molecule has 18 heavy (non-hydrogen) atoms. The van der Waals surface area contributed by atoms with Crippen LogP contribution in [0.5, 0.6) is 5.75 Å². The predicted octanol–water partition coefficient (Wildman–Crippen LogP) is 4.88. The van der Waals surface area contributed by atoms with Gasteiger partial charge in [0.1, 0.15) is 5.75 Å². The third kappa shape index (κ3) is 3.20. The minimum Gasteiger partial charge on any atom is -0.490 e. The van der Waals surface area contributed by atoms with Gasteiger partial charge in [0.05, 0.1) is 6.10 Å². The molecule has 0 bridgehead atoms. The fraction of sp³-hybridized carbons (Fsp3) is 0.625. The van der Waals surface area contributed by atoms with Gasteiger partial charge < -0.3 is 4.74 Å². The van der Waals surface area contributed by atoms with E-state index in [1.54, 1.807) is 0 Å². The van der Waals surface area contributed by atoms with Crippen molar-refractivity contribution in [3.63, 3.8) is 0 Å². The molecular formula is C16H21ClO. The Bertz CT molecular complexity index is 400. The molecule has 0 amide bonds. The Hall–Kier alpha value is -0.690. The van der Waals surface area contributed by atoms with Crippen molar-refractivity contribution in [1.82, 2.24) is 0 Å². The highest BCUT2D eigenvalue weighted by Crippen LogP contribution is 2.36. The maximum Gasteiger partial charge on any atom is 0.119 e. The van der Waals surface area contributed by atoms with Gasteiger partial charge in [0, 0.05) is 5.38 Å². The lowest BCUT2D eigenvalue weighted by atomic mass is 9.91. The van der Waals surface area contributed by atoms with Crippen LogP contribution in [0.3, 0.4) is 0 Å². The molecule has 2 aliphatic rings. The minimum absolute atomic E-state index is 0.352. The van der Waals surface area contributed by atoms with Crippen molar-refractivity contribution in [2.75, 3.05) is 0 Å². The summed E-state index contributed by atoms with van der Waals surface area (Å²) in [6, 6.07) is 8.68.